The van der Waals surface area contributed by atoms with Crippen LogP contribution < -0.4 is 30.8 Å². The lowest BCUT2D eigenvalue weighted by molar-refractivity contribution is 0.379. The van der Waals surface area contributed by atoms with Crippen LogP contribution in [-0.2, 0) is 0 Å². The van der Waals surface area contributed by atoms with Crippen molar-refractivity contribution < 1.29 is 14.2 Å². The molecule has 0 aliphatic heterocycles. The third kappa shape index (κ3) is 3.60. The van der Waals surface area contributed by atoms with Crippen molar-refractivity contribution >= 4 is 17.6 Å². The van der Waals surface area contributed by atoms with Crippen LogP contribution in [0.2, 0.25) is 0 Å². The van der Waals surface area contributed by atoms with Gasteiger partial charge in [0.2, 0.25) is 11.9 Å². The van der Waals surface area contributed by atoms with E-state index in [0.717, 1.165) is 0 Å². The minimum Gasteiger partial charge on any atom is -0.497 e. The topological polar surface area (TPSA) is 116 Å². The number of nitrogens with zero attached hydrogens (tertiary/aromatic N) is 3. The number of nitrogens with one attached hydrogen (secondary N) is 2. The number of hydrazine groups is 1. The van der Waals surface area contributed by atoms with Gasteiger partial charge < -0.3 is 19.5 Å². The van der Waals surface area contributed by atoms with Crippen LogP contribution in [-0.4, -0.2) is 36.3 Å². The number of rotatable bonds is 6. The van der Waals surface area contributed by atoms with E-state index in [0.29, 0.717) is 17.2 Å². The zero-order chi connectivity index (χ0) is 15.2. The third-order valence-electron chi connectivity index (χ3n) is 2.53. The van der Waals surface area contributed by atoms with Crippen molar-refractivity contribution in [3.8, 4) is 17.5 Å². The van der Waals surface area contributed by atoms with E-state index in [1.807, 2.05) is 0 Å². The summed E-state index contributed by atoms with van der Waals surface area (Å²) in [6.45, 7) is 0. The van der Waals surface area contributed by atoms with Crippen molar-refractivity contribution in [3.63, 3.8) is 0 Å². The van der Waals surface area contributed by atoms with E-state index >= 15 is 0 Å². The highest BCUT2D eigenvalue weighted by Crippen LogP contribution is 2.27. The summed E-state index contributed by atoms with van der Waals surface area (Å²) in [5.74, 6) is 7.02. The van der Waals surface area contributed by atoms with Gasteiger partial charge in [-0.2, -0.15) is 15.0 Å². The molecule has 0 unspecified atom stereocenters. The average Bonchev–Trinajstić information content (AvgIpc) is 2.53. The highest BCUT2D eigenvalue weighted by Gasteiger charge is 2.08. The normalized spacial score (nSPS) is 9.90. The zero-order valence-corrected chi connectivity index (χ0v) is 11.9. The summed E-state index contributed by atoms with van der Waals surface area (Å²) >= 11 is 0. The number of benzene rings is 1. The summed E-state index contributed by atoms with van der Waals surface area (Å²) in [4.78, 5) is 12.1. The van der Waals surface area contributed by atoms with E-state index in [4.69, 9.17) is 20.1 Å². The maximum Gasteiger partial charge on any atom is 0.322 e. The Morgan fingerprint density at radius 2 is 1.48 bits per heavy atom. The number of methoxy groups -OCH3 is 3. The Bertz CT molecular complexity index is 524. The molecular weight excluding hydrogens is 276 g/mol. The summed E-state index contributed by atoms with van der Waals surface area (Å²) in [6, 6.07) is 5.43. The molecule has 0 aliphatic rings. The van der Waals surface area contributed by atoms with Crippen LogP contribution >= 0.6 is 0 Å². The number of aromatic nitrogens is 3. The molecule has 1 aromatic heterocycles. The van der Waals surface area contributed by atoms with Gasteiger partial charge in [-0.1, -0.05) is 0 Å². The first-order valence-electron chi connectivity index (χ1n) is 5.95. The second-order valence-corrected chi connectivity index (χ2v) is 3.84. The van der Waals surface area contributed by atoms with E-state index < -0.39 is 0 Å². The predicted molar refractivity (Wildman–Crippen MR) is 77.0 cm³/mol. The lowest BCUT2D eigenvalue weighted by atomic mass is 10.3. The molecular formula is C12H16N6O3. The molecule has 0 spiro atoms. The Morgan fingerprint density at radius 1 is 0.857 bits per heavy atom. The molecule has 112 valence electrons. The lowest BCUT2D eigenvalue weighted by Gasteiger charge is -2.10. The standard InChI is InChI=1S/C12H16N6O3/c1-19-8-4-7(5-9(6-8)20-2)14-10-15-11(18-13)17-12(16-10)21-3/h4-6H,13H2,1-3H3,(H2,14,15,16,17,18). The van der Waals surface area contributed by atoms with Crippen LogP contribution in [0.15, 0.2) is 18.2 Å². The number of ether oxygens (including phenoxy) is 3. The monoisotopic (exact) mass is 292 g/mol. The first-order chi connectivity index (χ1) is 10.2. The summed E-state index contributed by atoms with van der Waals surface area (Å²) < 4.78 is 15.4. The van der Waals surface area contributed by atoms with Gasteiger partial charge in [0, 0.05) is 23.9 Å². The summed E-state index contributed by atoms with van der Waals surface area (Å²) in [6.07, 6.45) is 0. The number of hydrogen-bond acceptors (Lipinski definition) is 9. The fourth-order valence-corrected chi connectivity index (χ4v) is 1.58. The van der Waals surface area contributed by atoms with E-state index in [9.17, 15) is 0 Å². The molecule has 0 bridgehead atoms. The Balaban J connectivity index is 2.32. The molecule has 0 saturated heterocycles. The third-order valence-corrected chi connectivity index (χ3v) is 2.53. The fraction of sp³-hybridized carbons (Fsp3) is 0.250. The van der Waals surface area contributed by atoms with Crippen molar-refractivity contribution in [2.24, 2.45) is 5.84 Å². The van der Waals surface area contributed by atoms with E-state index in [-0.39, 0.29) is 17.9 Å². The molecule has 0 aliphatic carbocycles. The van der Waals surface area contributed by atoms with Crippen molar-refractivity contribution in [3.05, 3.63) is 18.2 Å². The van der Waals surface area contributed by atoms with Gasteiger partial charge in [0.15, 0.2) is 0 Å². The van der Waals surface area contributed by atoms with Crippen molar-refractivity contribution in [1.29, 1.82) is 0 Å². The molecule has 0 radical (unpaired) electrons. The summed E-state index contributed by atoms with van der Waals surface area (Å²) in [5.41, 5.74) is 3.02. The fourth-order valence-electron chi connectivity index (χ4n) is 1.58. The van der Waals surface area contributed by atoms with Gasteiger partial charge in [-0.25, -0.2) is 5.84 Å². The van der Waals surface area contributed by atoms with Crippen LogP contribution in [0.5, 0.6) is 17.5 Å². The van der Waals surface area contributed by atoms with Gasteiger partial charge in [0.05, 0.1) is 21.3 Å². The van der Waals surface area contributed by atoms with Gasteiger partial charge in [-0.15, -0.1) is 0 Å². The highest BCUT2D eigenvalue weighted by atomic mass is 16.5. The number of anilines is 3. The van der Waals surface area contributed by atoms with Gasteiger partial charge in [-0.05, 0) is 0 Å². The molecule has 0 atom stereocenters. The molecule has 1 heterocycles. The largest absolute Gasteiger partial charge is 0.497 e. The number of nitrogens with two attached hydrogens (primary N) is 1. The van der Waals surface area contributed by atoms with E-state index in [2.05, 4.69) is 25.7 Å². The SMILES string of the molecule is COc1cc(Nc2nc(NN)nc(OC)n2)cc(OC)c1. The maximum absolute atomic E-state index is 5.30. The van der Waals surface area contributed by atoms with Gasteiger partial charge >= 0.3 is 6.01 Å². The Kier molecular flexibility index (Phi) is 4.57. The molecule has 4 N–H and O–H groups in total. The van der Waals surface area contributed by atoms with Crippen LogP contribution in [0.1, 0.15) is 0 Å². The first-order valence-corrected chi connectivity index (χ1v) is 5.95. The molecule has 21 heavy (non-hydrogen) atoms. The van der Waals surface area contributed by atoms with E-state index in [1.54, 1.807) is 32.4 Å². The van der Waals surface area contributed by atoms with Crippen LogP contribution in [0.4, 0.5) is 17.6 Å². The Morgan fingerprint density at radius 3 is 2.00 bits per heavy atom. The summed E-state index contributed by atoms with van der Waals surface area (Å²) in [5, 5.41) is 3.00. The van der Waals surface area contributed by atoms with Gasteiger partial charge in [0.1, 0.15) is 11.5 Å². The maximum atomic E-state index is 5.30. The highest BCUT2D eigenvalue weighted by molar-refractivity contribution is 5.60. The molecule has 0 amide bonds. The van der Waals surface area contributed by atoms with E-state index in [1.165, 1.54) is 7.11 Å². The van der Waals surface area contributed by atoms with Crippen molar-refractivity contribution in [1.82, 2.24) is 15.0 Å². The second-order valence-electron chi connectivity index (χ2n) is 3.84. The average molecular weight is 292 g/mol. The van der Waals surface area contributed by atoms with Crippen LogP contribution in [0.25, 0.3) is 0 Å². The molecule has 1 aromatic carbocycles. The first kappa shape index (κ1) is 14.6. The molecule has 0 fully saturated rings. The van der Waals surface area contributed by atoms with Gasteiger partial charge in [0.25, 0.3) is 0 Å². The second kappa shape index (κ2) is 6.57. The number of nitrogen functional groups attached to an aromatic ring is 1. The zero-order valence-electron chi connectivity index (χ0n) is 11.9. The molecule has 9 nitrogen and oxygen atoms in total. The Hall–Kier alpha value is -2.81. The summed E-state index contributed by atoms with van der Waals surface area (Å²) in [7, 11) is 4.59. The number of hydrogen-bond donors (Lipinski definition) is 3. The quantitative estimate of drug-likeness (QED) is 0.528. The van der Waals surface area contributed by atoms with Crippen molar-refractivity contribution in [2.75, 3.05) is 32.1 Å². The van der Waals surface area contributed by atoms with Gasteiger partial charge in [-0.3, -0.25) is 5.43 Å². The molecule has 0 saturated carbocycles. The van der Waals surface area contributed by atoms with Crippen molar-refractivity contribution in [2.45, 2.75) is 0 Å². The van der Waals surface area contributed by atoms with Crippen LogP contribution in [0, 0.1) is 0 Å². The molecule has 2 aromatic rings. The molecule has 9 heteroatoms. The van der Waals surface area contributed by atoms with Crippen LogP contribution in [0.3, 0.4) is 0 Å². The molecule has 2 rings (SSSR count). The minimum absolute atomic E-state index is 0.135. The predicted octanol–water partition coefficient (Wildman–Crippen LogP) is 0.927. The lowest BCUT2D eigenvalue weighted by Crippen LogP contribution is -2.13. The smallest absolute Gasteiger partial charge is 0.322 e. The minimum atomic E-state index is 0.135. The Labute approximate surface area is 121 Å².